The monoisotopic (exact) mass is 253 g/mol. The van der Waals surface area contributed by atoms with E-state index in [4.69, 9.17) is 21.1 Å². The Bertz CT molecular complexity index is 429. The van der Waals surface area contributed by atoms with E-state index >= 15 is 0 Å². The summed E-state index contributed by atoms with van der Waals surface area (Å²) in [6, 6.07) is 5.85. The minimum Gasteiger partial charge on any atom is -0.484 e. The van der Waals surface area contributed by atoms with Crippen molar-refractivity contribution in [3.05, 3.63) is 28.8 Å². The number of para-hydroxylation sites is 1. The number of methoxy groups -OCH3 is 1. The Morgan fingerprint density at radius 2 is 2.41 bits per heavy atom. The molecule has 1 spiro atoms. The van der Waals surface area contributed by atoms with E-state index in [9.17, 15) is 0 Å². The molecule has 3 rings (SSSR count). The lowest BCUT2D eigenvalue weighted by Gasteiger charge is -2.39. The Morgan fingerprint density at radius 1 is 1.53 bits per heavy atom. The maximum atomic E-state index is 6.23. The second kappa shape index (κ2) is 4.16. The molecule has 92 valence electrons. The molecule has 3 nitrogen and oxygen atoms in total. The maximum Gasteiger partial charge on any atom is 0.144 e. The summed E-state index contributed by atoms with van der Waals surface area (Å²) in [5, 5.41) is 4.03. The predicted molar refractivity (Wildman–Crippen MR) is 66.7 cm³/mol. The second-order valence-electron chi connectivity index (χ2n) is 4.80. The maximum absolute atomic E-state index is 6.23. The molecule has 0 bridgehead atoms. The summed E-state index contributed by atoms with van der Waals surface area (Å²) in [6.07, 6.45) is 1.99. The van der Waals surface area contributed by atoms with Gasteiger partial charge in [0.1, 0.15) is 11.4 Å². The molecule has 1 N–H and O–H groups in total. The Kier molecular flexibility index (Phi) is 2.77. The fraction of sp³-hybridized carbons (Fsp3) is 0.538. The van der Waals surface area contributed by atoms with Crippen molar-refractivity contribution in [2.75, 3.05) is 20.2 Å². The summed E-state index contributed by atoms with van der Waals surface area (Å²) in [5.41, 5.74) is 0.927. The molecule has 17 heavy (non-hydrogen) atoms. The summed E-state index contributed by atoms with van der Waals surface area (Å²) in [4.78, 5) is 0. The first-order chi connectivity index (χ1) is 8.24. The molecule has 2 atom stereocenters. The van der Waals surface area contributed by atoms with Crippen molar-refractivity contribution >= 4 is 11.6 Å². The average Bonchev–Trinajstić information content (AvgIpc) is 2.78. The van der Waals surface area contributed by atoms with Crippen LogP contribution in [0.1, 0.15) is 24.5 Å². The molecule has 2 aliphatic rings. The van der Waals surface area contributed by atoms with E-state index in [2.05, 4.69) is 5.32 Å². The zero-order valence-electron chi connectivity index (χ0n) is 9.83. The lowest BCUT2D eigenvalue weighted by atomic mass is 9.88. The number of rotatable bonds is 1. The molecule has 0 amide bonds. The molecule has 2 unspecified atom stereocenters. The van der Waals surface area contributed by atoms with E-state index in [1.807, 2.05) is 18.2 Å². The topological polar surface area (TPSA) is 30.5 Å². The second-order valence-corrected chi connectivity index (χ2v) is 5.21. The van der Waals surface area contributed by atoms with E-state index < -0.39 is 0 Å². The zero-order valence-corrected chi connectivity index (χ0v) is 10.6. The minimum atomic E-state index is -0.140. The third kappa shape index (κ3) is 1.82. The first-order valence-corrected chi connectivity index (χ1v) is 6.33. The summed E-state index contributed by atoms with van der Waals surface area (Å²) < 4.78 is 11.8. The SMILES string of the molecule is COC1CC2(CCNC2)Oc2c(Cl)cccc21. The van der Waals surface area contributed by atoms with Crippen molar-refractivity contribution in [2.24, 2.45) is 0 Å². The zero-order chi connectivity index (χ0) is 11.9. The molecule has 0 aliphatic carbocycles. The molecule has 1 saturated heterocycles. The third-order valence-corrected chi connectivity index (χ3v) is 4.01. The summed E-state index contributed by atoms with van der Waals surface area (Å²) in [6.45, 7) is 1.87. The van der Waals surface area contributed by atoms with Crippen molar-refractivity contribution in [2.45, 2.75) is 24.5 Å². The highest BCUT2D eigenvalue weighted by molar-refractivity contribution is 6.32. The smallest absolute Gasteiger partial charge is 0.144 e. The van der Waals surface area contributed by atoms with Gasteiger partial charge in [0.2, 0.25) is 0 Å². The number of hydrogen-bond donors (Lipinski definition) is 1. The Labute approximate surface area is 106 Å². The number of fused-ring (bicyclic) bond motifs is 1. The van der Waals surface area contributed by atoms with Gasteiger partial charge in [-0.1, -0.05) is 23.7 Å². The third-order valence-electron chi connectivity index (χ3n) is 3.71. The summed E-state index contributed by atoms with van der Waals surface area (Å²) >= 11 is 6.23. The van der Waals surface area contributed by atoms with Crippen LogP contribution in [0, 0.1) is 0 Å². The van der Waals surface area contributed by atoms with Crippen LogP contribution in [-0.4, -0.2) is 25.8 Å². The lowest BCUT2D eigenvalue weighted by molar-refractivity contribution is -0.0202. The van der Waals surface area contributed by atoms with Gasteiger partial charge in [-0.05, 0) is 12.6 Å². The lowest BCUT2D eigenvalue weighted by Crippen LogP contribution is -2.43. The highest BCUT2D eigenvalue weighted by Crippen LogP contribution is 2.46. The van der Waals surface area contributed by atoms with Crippen LogP contribution in [-0.2, 0) is 4.74 Å². The molecule has 1 fully saturated rings. The van der Waals surface area contributed by atoms with Crippen molar-refractivity contribution < 1.29 is 9.47 Å². The number of nitrogens with one attached hydrogen (secondary N) is 1. The molecule has 4 heteroatoms. The standard InChI is InChI=1S/C13H16ClNO2/c1-16-11-7-13(5-6-15-8-13)17-12-9(11)3-2-4-10(12)14/h2-4,11,15H,5-8H2,1H3. The molecular formula is C13H16ClNO2. The van der Waals surface area contributed by atoms with Crippen LogP contribution in [0.5, 0.6) is 5.75 Å². The molecular weight excluding hydrogens is 238 g/mol. The van der Waals surface area contributed by atoms with Gasteiger partial charge in [-0.2, -0.15) is 0 Å². The quantitative estimate of drug-likeness (QED) is 0.834. The molecule has 1 aromatic rings. The molecule has 0 saturated carbocycles. The Balaban J connectivity index is 2.04. The molecule has 2 aliphatic heterocycles. The highest BCUT2D eigenvalue weighted by Gasteiger charge is 2.43. The van der Waals surface area contributed by atoms with Gasteiger partial charge in [0.15, 0.2) is 0 Å². The van der Waals surface area contributed by atoms with Crippen molar-refractivity contribution in [3.63, 3.8) is 0 Å². The van der Waals surface area contributed by atoms with E-state index in [1.165, 1.54) is 0 Å². The number of hydrogen-bond acceptors (Lipinski definition) is 3. The van der Waals surface area contributed by atoms with Gasteiger partial charge in [-0.25, -0.2) is 0 Å². The van der Waals surface area contributed by atoms with Crippen LogP contribution in [0.25, 0.3) is 0 Å². The van der Waals surface area contributed by atoms with Crippen molar-refractivity contribution in [1.82, 2.24) is 5.32 Å². The largest absolute Gasteiger partial charge is 0.484 e. The van der Waals surface area contributed by atoms with E-state index in [1.54, 1.807) is 7.11 Å². The molecule has 0 aromatic heterocycles. The molecule has 2 heterocycles. The van der Waals surface area contributed by atoms with Crippen LogP contribution in [0.3, 0.4) is 0 Å². The number of halogens is 1. The first kappa shape index (κ1) is 11.3. The Hall–Kier alpha value is -0.770. The first-order valence-electron chi connectivity index (χ1n) is 5.95. The van der Waals surface area contributed by atoms with Crippen LogP contribution in [0.4, 0.5) is 0 Å². The van der Waals surface area contributed by atoms with E-state index in [0.29, 0.717) is 5.02 Å². The Morgan fingerprint density at radius 3 is 3.12 bits per heavy atom. The van der Waals surface area contributed by atoms with Crippen LogP contribution in [0.2, 0.25) is 5.02 Å². The molecule has 1 aromatic carbocycles. The van der Waals surface area contributed by atoms with Crippen molar-refractivity contribution in [1.29, 1.82) is 0 Å². The van der Waals surface area contributed by atoms with Gasteiger partial charge < -0.3 is 14.8 Å². The normalized spacial score (nSPS) is 31.3. The predicted octanol–water partition coefficient (Wildman–Crippen LogP) is 2.54. The number of benzene rings is 1. The van der Waals surface area contributed by atoms with Gasteiger partial charge in [0, 0.05) is 32.1 Å². The van der Waals surface area contributed by atoms with E-state index in [0.717, 1.165) is 37.2 Å². The fourth-order valence-electron chi connectivity index (χ4n) is 2.79. The van der Waals surface area contributed by atoms with Gasteiger partial charge >= 0.3 is 0 Å². The van der Waals surface area contributed by atoms with Gasteiger partial charge in [-0.3, -0.25) is 0 Å². The number of ether oxygens (including phenoxy) is 2. The summed E-state index contributed by atoms with van der Waals surface area (Å²) in [7, 11) is 1.75. The molecule has 0 radical (unpaired) electrons. The van der Waals surface area contributed by atoms with Gasteiger partial charge in [-0.15, -0.1) is 0 Å². The minimum absolute atomic E-state index is 0.0809. The average molecular weight is 254 g/mol. The summed E-state index contributed by atoms with van der Waals surface area (Å²) in [5.74, 6) is 0.802. The van der Waals surface area contributed by atoms with Gasteiger partial charge in [0.05, 0.1) is 11.1 Å². The van der Waals surface area contributed by atoms with Gasteiger partial charge in [0.25, 0.3) is 0 Å². The van der Waals surface area contributed by atoms with Crippen LogP contribution in [0.15, 0.2) is 18.2 Å². The van der Waals surface area contributed by atoms with E-state index in [-0.39, 0.29) is 11.7 Å². The fourth-order valence-corrected chi connectivity index (χ4v) is 3.01. The van der Waals surface area contributed by atoms with Crippen LogP contribution < -0.4 is 10.1 Å². The highest BCUT2D eigenvalue weighted by atomic mass is 35.5. The van der Waals surface area contributed by atoms with Crippen molar-refractivity contribution in [3.8, 4) is 5.75 Å². The van der Waals surface area contributed by atoms with Crippen LogP contribution >= 0.6 is 11.6 Å².